The first-order valence-electron chi connectivity index (χ1n) is 20.8. The quantitative estimate of drug-likeness (QED) is 0.179. The molecule has 55 heavy (non-hydrogen) atoms. The van der Waals surface area contributed by atoms with E-state index in [2.05, 4.69) is 20.8 Å². The zero-order valence-corrected chi connectivity index (χ0v) is 33.4. The molecule has 9 N–H and O–H groups in total. The highest BCUT2D eigenvalue weighted by atomic mass is 16.8. The van der Waals surface area contributed by atoms with Crippen LogP contribution in [0.25, 0.3) is 0 Å². The summed E-state index contributed by atoms with van der Waals surface area (Å²) in [5.41, 5.74) is -2.89. The highest BCUT2D eigenvalue weighted by Crippen LogP contribution is 2.76. The number of carbonyl (C=O) groups is 1. The predicted octanol–water partition coefficient (Wildman–Crippen LogP) is 1.69. The van der Waals surface area contributed by atoms with Crippen LogP contribution in [0.5, 0.6) is 0 Å². The van der Waals surface area contributed by atoms with Gasteiger partial charge in [0.1, 0.15) is 42.7 Å². The fourth-order valence-electron chi connectivity index (χ4n) is 14.1. The molecule has 0 aromatic carbocycles. The first kappa shape index (κ1) is 42.1. The van der Waals surface area contributed by atoms with Crippen LogP contribution in [-0.4, -0.2) is 138 Å². The van der Waals surface area contributed by atoms with E-state index in [4.69, 9.17) is 18.9 Å². The number of rotatable bonds is 7. The number of carboxylic acid groups (broad SMARTS) is 1. The number of aliphatic carboxylic acids is 1. The molecule has 0 aromatic rings. The van der Waals surface area contributed by atoms with Gasteiger partial charge in [0, 0.05) is 5.41 Å². The number of ether oxygens (including phenoxy) is 4. The maximum Gasteiger partial charge on any atom is 0.309 e. The number of hydrogen-bond donors (Lipinski definition) is 9. The van der Waals surface area contributed by atoms with E-state index in [1.54, 1.807) is 0 Å². The smallest absolute Gasteiger partial charge is 0.309 e. The minimum absolute atomic E-state index is 0.00660. The van der Waals surface area contributed by atoms with Crippen molar-refractivity contribution >= 4 is 5.97 Å². The molecule has 7 fully saturated rings. The van der Waals surface area contributed by atoms with Crippen molar-refractivity contribution in [2.45, 2.75) is 185 Å². The van der Waals surface area contributed by atoms with E-state index in [0.29, 0.717) is 38.0 Å². The van der Waals surface area contributed by atoms with Gasteiger partial charge in [-0.05, 0) is 124 Å². The van der Waals surface area contributed by atoms with Gasteiger partial charge in [0.25, 0.3) is 0 Å². The van der Waals surface area contributed by atoms with E-state index in [9.17, 15) is 50.8 Å². The van der Waals surface area contributed by atoms with Gasteiger partial charge in [-0.1, -0.05) is 27.7 Å². The van der Waals surface area contributed by atoms with Gasteiger partial charge in [-0.3, -0.25) is 4.79 Å². The predicted molar refractivity (Wildman–Crippen MR) is 195 cm³/mol. The number of aliphatic hydroxyl groups is 8. The Morgan fingerprint density at radius 3 is 2.07 bits per heavy atom. The Bertz CT molecular complexity index is 1430. The van der Waals surface area contributed by atoms with Crippen LogP contribution in [0, 0.1) is 50.7 Å². The Morgan fingerprint density at radius 2 is 1.40 bits per heavy atom. The lowest BCUT2D eigenvalue weighted by Gasteiger charge is -2.73. The average molecular weight is 785 g/mol. The van der Waals surface area contributed by atoms with Crippen LogP contribution in [0.2, 0.25) is 0 Å². The fourth-order valence-corrected chi connectivity index (χ4v) is 14.1. The highest BCUT2D eigenvalue weighted by molar-refractivity contribution is 5.75. The fraction of sp³-hybridized carbons (Fsp3) is 0.976. The first-order chi connectivity index (χ1) is 25.6. The molecule has 0 bridgehead atoms. The summed E-state index contributed by atoms with van der Waals surface area (Å²) in [7, 11) is 0. The minimum Gasteiger partial charge on any atom is -0.481 e. The summed E-state index contributed by atoms with van der Waals surface area (Å²) >= 11 is 0. The maximum absolute atomic E-state index is 13.0. The summed E-state index contributed by atoms with van der Waals surface area (Å²) in [5.74, 6) is -0.325. The Balaban J connectivity index is 1.14. The molecule has 2 heterocycles. The van der Waals surface area contributed by atoms with Crippen LogP contribution in [0.15, 0.2) is 0 Å². The van der Waals surface area contributed by atoms with Gasteiger partial charge in [0.15, 0.2) is 12.6 Å². The second-order valence-corrected chi connectivity index (χ2v) is 20.3. The van der Waals surface area contributed by atoms with Crippen molar-refractivity contribution in [2.24, 2.45) is 50.7 Å². The van der Waals surface area contributed by atoms with Gasteiger partial charge in [0.2, 0.25) is 0 Å². The van der Waals surface area contributed by atoms with Crippen molar-refractivity contribution in [1.82, 2.24) is 0 Å². The number of fused-ring (bicyclic) bond motifs is 7. The van der Waals surface area contributed by atoms with Gasteiger partial charge in [0.05, 0.1) is 36.4 Å². The van der Waals surface area contributed by atoms with Gasteiger partial charge >= 0.3 is 5.97 Å². The molecule has 5 aliphatic carbocycles. The molecule has 14 nitrogen and oxygen atoms in total. The Hall–Kier alpha value is -1.01. The summed E-state index contributed by atoms with van der Waals surface area (Å²) in [6.07, 6.45) is -7.22. The molecule has 14 heteroatoms. The van der Waals surface area contributed by atoms with E-state index in [1.807, 2.05) is 13.8 Å². The molecule has 7 rings (SSSR count). The van der Waals surface area contributed by atoms with E-state index < -0.39 is 96.5 Å². The second-order valence-electron chi connectivity index (χ2n) is 20.3. The van der Waals surface area contributed by atoms with Crippen molar-refractivity contribution < 1.29 is 69.7 Å². The average Bonchev–Trinajstić information content (AvgIpc) is 3.12. The molecule has 2 saturated heterocycles. The molecule has 0 spiro atoms. The Morgan fingerprint density at radius 1 is 0.709 bits per heavy atom. The molecular formula is C41H68O14. The minimum atomic E-state index is -1.69. The van der Waals surface area contributed by atoms with Crippen LogP contribution < -0.4 is 0 Å². The van der Waals surface area contributed by atoms with Gasteiger partial charge in [-0.2, -0.15) is 0 Å². The topological polar surface area (TPSA) is 236 Å². The third kappa shape index (κ3) is 6.29. The van der Waals surface area contributed by atoms with Crippen molar-refractivity contribution in [1.29, 1.82) is 0 Å². The number of aliphatic hydroxyl groups excluding tert-OH is 7. The zero-order chi connectivity index (χ0) is 40.3. The van der Waals surface area contributed by atoms with E-state index in [1.165, 1.54) is 6.92 Å². The lowest BCUT2D eigenvalue weighted by atomic mass is 9.31. The molecule has 0 amide bonds. The van der Waals surface area contributed by atoms with Crippen molar-refractivity contribution in [3.63, 3.8) is 0 Å². The largest absolute Gasteiger partial charge is 0.481 e. The normalized spacial score (nSPS) is 58.1. The summed E-state index contributed by atoms with van der Waals surface area (Å²) in [6, 6.07) is 0. The van der Waals surface area contributed by atoms with Gasteiger partial charge < -0.3 is 64.9 Å². The number of hydrogen-bond acceptors (Lipinski definition) is 13. The number of carboxylic acids is 1. The molecule has 0 aromatic heterocycles. The van der Waals surface area contributed by atoms with Crippen molar-refractivity contribution in [2.75, 3.05) is 13.2 Å². The molecule has 7 aliphatic rings. The molecular weight excluding hydrogens is 716 g/mol. The van der Waals surface area contributed by atoms with Crippen molar-refractivity contribution in [3.05, 3.63) is 0 Å². The summed E-state index contributed by atoms with van der Waals surface area (Å²) in [4.78, 5) is 13.0. The Labute approximate surface area is 324 Å². The lowest BCUT2D eigenvalue weighted by molar-refractivity contribution is -0.369. The third-order valence-electron chi connectivity index (χ3n) is 17.7. The summed E-state index contributed by atoms with van der Waals surface area (Å²) in [5, 5.41) is 97.1. The molecule has 0 radical (unpaired) electrons. The summed E-state index contributed by atoms with van der Waals surface area (Å²) in [6.45, 7) is 11.9. The third-order valence-corrected chi connectivity index (χ3v) is 17.7. The zero-order valence-electron chi connectivity index (χ0n) is 33.4. The van der Waals surface area contributed by atoms with Crippen LogP contribution in [0.3, 0.4) is 0 Å². The van der Waals surface area contributed by atoms with Crippen LogP contribution >= 0.6 is 0 Å². The second kappa shape index (κ2) is 14.3. The molecule has 316 valence electrons. The van der Waals surface area contributed by atoms with Crippen LogP contribution in [0.1, 0.15) is 112 Å². The molecule has 5 saturated carbocycles. The summed E-state index contributed by atoms with van der Waals surface area (Å²) < 4.78 is 24.0. The molecule has 2 aliphatic heterocycles. The molecule has 0 unspecified atom stereocenters. The standard InChI is InChI=1S/C41H68O14/c1-20-27(44)29(46)31(48)33(53-20)55-32-30(47)28(45)23(18-42)54-34(32)52-19-38(4)24-9-12-40(6)25(37(24,3)11-10-26(38)43)8-7-21-22-17-36(2,51)13-15-41(22,35(49)50)16-14-39(21,40)5/h20-34,42-48,51H,7-19H2,1-6H3,(H,49,50)/t20-,21+,22-,23+,24+,25+,26-,27+,28+,29+,30-,31-,32+,33-,34+,36+,37-,38+,39+,40+,41-/m0/s1. The van der Waals surface area contributed by atoms with Gasteiger partial charge in [-0.25, -0.2) is 0 Å². The Kier molecular flexibility index (Phi) is 11.0. The maximum atomic E-state index is 13.0. The van der Waals surface area contributed by atoms with Gasteiger partial charge in [-0.15, -0.1) is 0 Å². The SMILES string of the molecule is C[C@@H]1O[C@@H](O[C@H]2[C@H](OC[C@]3(C)[C@@H]4CC[C@]5(C)[C@H](CC[C@@H]6[C@@H]7C[C@](C)(O)CC[C@]7(C(=O)O)CC[C@]65C)[C@@]4(C)CC[C@@H]3O)O[C@H](CO)[C@@H](O)[C@@H]2O)[C@@H](O)[C@H](O)[C@@H]1O. The highest BCUT2D eigenvalue weighted by Gasteiger charge is 2.72. The lowest BCUT2D eigenvalue weighted by Crippen LogP contribution is -2.69. The van der Waals surface area contributed by atoms with Crippen LogP contribution in [-0.2, 0) is 23.7 Å². The van der Waals surface area contributed by atoms with E-state index >= 15 is 0 Å². The monoisotopic (exact) mass is 784 g/mol. The van der Waals surface area contributed by atoms with E-state index in [0.717, 1.165) is 38.5 Å². The van der Waals surface area contributed by atoms with Crippen LogP contribution in [0.4, 0.5) is 0 Å². The van der Waals surface area contributed by atoms with Crippen molar-refractivity contribution in [3.8, 4) is 0 Å². The van der Waals surface area contributed by atoms with E-state index in [-0.39, 0.29) is 40.6 Å². The molecule has 21 atom stereocenters. The first-order valence-corrected chi connectivity index (χ1v) is 20.8.